The summed E-state index contributed by atoms with van der Waals surface area (Å²) in [6.45, 7) is 1.50. The lowest BCUT2D eigenvalue weighted by molar-refractivity contribution is -0.119. The lowest BCUT2D eigenvalue weighted by Crippen LogP contribution is -2.45. The number of imide groups is 1. The van der Waals surface area contributed by atoms with Crippen LogP contribution in [0.4, 0.5) is 21.9 Å². The van der Waals surface area contributed by atoms with Gasteiger partial charge in [0, 0.05) is 17.1 Å². The smallest absolute Gasteiger partial charge is 0.323 e. The molecule has 0 aromatic heterocycles. The van der Waals surface area contributed by atoms with Crippen molar-refractivity contribution in [3.8, 4) is 0 Å². The number of carbonyl (C=O) groups is 4. The predicted octanol–water partition coefficient (Wildman–Crippen LogP) is 3.95. The van der Waals surface area contributed by atoms with Crippen LogP contribution in [0.2, 0.25) is 0 Å². The van der Waals surface area contributed by atoms with Crippen LogP contribution in [0.5, 0.6) is 0 Å². The minimum atomic E-state index is -0.989. The molecule has 0 bridgehead atoms. The number of hydrogen-bond acceptors (Lipinski definition) is 4. The Morgan fingerprint density at radius 3 is 1.62 bits per heavy atom. The van der Waals surface area contributed by atoms with E-state index < -0.39 is 29.8 Å². The van der Waals surface area contributed by atoms with E-state index in [0.29, 0.717) is 28.2 Å². The minimum Gasteiger partial charge on any atom is -0.324 e. The van der Waals surface area contributed by atoms with Crippen LogP contribution in [-0.4, -0.2) is 34.7 Å². The van der Waals surface area contributed by atoms with Crippen molar-refractivity contribution in [2.45, 2.75) is 13.0 Å². The van der Waals surface area contributed by atoms with Gasteiger partial charge in [0.2, 0.25) is 5.91 Å². The van der Waals surface area contributed by atoms with Crippen molar-refractivity contribution in [2.24, 2.45) is 0 Å². The molecule has 1 atom stereocenters. The van der Waals surface area contributed by atoms with Gasteiger partial charge in [-0.2, -0.15) is 0 Å². The molecule has 32 heavy (non-hydrogen) atoms. The summed E-state index contributed by atoms with van der Waals surface area (Å²) in [5.74, 6) is -1.48. The highest BCUT2D eigenvalue weighted by Gasteiger charge is 2.40. The molecular formula is C24H20N4O4. The quantitative estimate of drug-likeness (QED) is 0.535. The number of para-hydroxylation sites is 1. The van der Waals surface area contributed by atoms with Crippen LogP contribution in [0.1, 0.15) is 27.6 Å². The van der Waals surface area contributed by atoms with Crippen LogP contribution in [0.15, 0.2) is 78.9 Å². The zero-order valence-corrected chi connectivity index (χ0v) is 17.2. The Hall–Kier alpha value is -4.46. The molecule has 1 aliphatic heterocycles. The average Bonchev–Trinajstić information content (AvgIpc) is 3.05. The summed E-state index contributed by atoms with van der Waals surface area (Å²) in [4.78, 5) is 50.8. The molecular weight excluding hydrogens is 408 g/mol. The number of fused-ring (bicyclic) bond motifs is 1. The van der Waals surface area contributed by atoms with Crippen LogP contribution in [0, 0.1) is 0 Å². The first-order chi connectivity index (χ1) is 15.4. The van der Waals surface area contributed by atoms with Gasteiger partial charge >= 0.3 is 6.03 Å². The molecule has 0 aliphatic carbocycles. The average molecular weight is 428 g/mol. The number of nitrogens with one attached hydrogen (secondary N) is 3. The fourth-order valence-electron chi connectivity index (χ4n) is 3.38. The van der Waals surface area contributed by atoms with Crippen molar-refractivity contribution in [1.29, 1.82) is 0 Å². The predicted molar refractivity (Wildman–Crippen MR) is 121 cm³/mol. The lowest BCUT2D eigenvalue weighted by Gasteiger charge is -2.21. The molecule has 8 heteroatoms. The number of amides is 5. The number of benzene rings is 3. The largest absolute Gasteiger partial charge is 0.324 e. The zero-order chi connectivity index (χ0) is 22.7. The monoisotopic (exact) mass is 428 g/mol. The number of rotatable bonds is 5. The molecule has 3 aromatic rings. The second kappa shape index (κ2) is 8.73. The molecule has 0 spiro atoms. The Bertz CT molecular complexity index is 1160. The highest BCUT2D eigenvalue weighted by Crippen LogP contribution is 2.25. The molecule has 0 saturated carbocycles. The standard InChI is InChI=1S/C24H20N4O4/c1-15(28-22(30)19-9-5-6-10-20(19)23(28)31)21(29)25-17-11-13-18(14-12-17)27-24(32)26-16-7-3-2-4-8-16/h2-15H,1H3,(H,25,29)(H2,26,27,32). The van der Waals surface area contributed by atoms with Crippen LogP contribution in [0.3, 0.4) is 0 Å². The Balaban J connectivity index is 1.36. The number of nitrogens with zero attached hydrogens (tertiary/aromatic N) is 1. The molecule has 0 saturated heterocycles. The summed E-state index contributed by atoms with van der Waals surface area (Å²) >= 11 is 0. The highest BCUT2D eigenvalue weighted by molar-refractivity contribution is 6.23. The Kier molecular flexibility index (Phi) is 5.67. The van der Waals surface area contributed by atoms with E-state index in [9.17, 15) is 19.2 Å². The summed E-state index contributed by atoms with van der Waals surface area (Å²) in [5.41, 5.74) is 2.25. The molecule has 1 unspecified atom stereocenters. The van der Waals surface area contributed by atoms with Gasteiger partial charge in [-0.3, -0.25) is 19.3 Å². The fraction of sp³-hybridized carbons (Fsp3) is 0.0833. The maximum Gasteiger partial charge on any atom is 0.323 e. The van der Waals surface area contributed by atoms with Gasteiger partial charge in [0.1, 0.15) is 6.04 Å². The van der Waals surface area contributed by atoms with E-state index in [1.54, 1.807) is 60.7 Å². The zero-order valence-electron chi connectivity index (χ0n) is 17.2. The van der Waals surface area contributed by atoms with Crippen molar-refractivity contribution < 1.29 is 19.2 Å². The molecule has 0 fully saturated rings. The fourth-order valence-corrected chi connectivity index (χ4v) is 3.38. The van der Waals surface area contributed by atoms with Gasteiger partial charge < -0.3 is 16.0 Å². The lowest BCUT2D eigenvalue weighted by atomic mass is 10.1. The maximum absolute atomic E-state index is 12.7. The molecule has 160 valence electrons. The number of urea groups is 1. The molecule has 5 amide bonds. The van der Waals surface area contributed by atoms with Gasteiger partial charge in [-0.15, -0.1) is 0 Å². The van der Waals surface area contributed by atoms with Crippen LogP contribution in [0.25, 0.3) is 0 Å². The number of hydrogen-bond donors (Lipinski definition) is 3. The summed E-state index contributed by atoms with van der Waals surface area (Å²) in [7, 11) is 0. The first-order valence-corrected chi connectivity index (χ1v) is 9.95. The SMILES string of the molecule is CC(C(=O)Nc1ccc(NC(=O)Nc2ccccc2)cc1)N1C(=O)c2ccccc2C1=O. The van der Waals surface area contributed by atoms with Crippen molar-refractivity contribution in [3.63, 3.8) is 0 Å². The summed E-state index contributed by atoms with van der Waals surface area (Å²) < 4.78 is 0. The first-order valence-electron chi connectivity index (χ1n) is 9.95. The van der Waals surface area contributed by atoms with E-state index in [1.807, 2.05) is 18.2 Å². The highest BCUT2D eigenvalue weighted by atomic mass is 16.2. The third-order valence-corrected chi connectivity index (χ3v) is 5.03. The van der Waals surface area contributed by atoms with Crippen molar-refractivity contribution in [3.05, 3.63) is 90.0 Å². The molecule has 0 radical (unpaired) electrons. The second-order valence-electron chi connectivity index (χ2n) is 7.21. The molecule has 4 rings (SSSR count). The molecule has 8 nitrogen and oxygen atoms in total. The van der Waals surface area contributed by atoms with Gasteiger partial charge in [0.25, 0.3) is 11.8 Å². The van der Waals surface area contributed by atoms with Crippen LogP contribution >= 0.6 is 0 Å². The van der Waals surface area contributed by atoms with Gasteiger partial charge in [-0.1, -0.05) is 30.3 Å². The van der Waals surface area contributed by atoms with Crippen molar-refractivity contribution in [2.75, 3.05) is 16.0 Å². The molecule has 1 heterocycles. The number of carbonyl (C=O) groups excluding carboxylic acids is 4. The number of anilines is 3. The van der Waals surface area contributed by atoms with E-state index in [2.05, 4.69) is 16.0 Å². The maximum atomic E-state index is 12.7. The van der Waals surface area contributed by atoms with Crippen LogP contribution < -0.4 is 16.0 Å². The van der Waals surface area contributed by atoms with E-state index in [4.69, 9.17) is 0 Å². The van der Waals surface area contributed by atoms with E-state index in [1.165, 1.54) is 6.92 Å². The topological polar surface area (TPSA) is 108 Å². The second-order valence-corrected chi connectivity index (χ2v) is 7.21. The molecule has 3 aromatic carbocycles. The molecule has 3 N–H and O–H groups in total. The van der Waals surface area contributed by atoms with Crippen LogP contribution in [-0.2, 0) is 4.79 Å². The van der Waals surface area contributed by atoms with Gasteiger partial charge in [-0.05, 0) is 55.5 Å². The minimum absolute atomic E-state index is 0.293. The van der Waals surface area contributed by atoms with Gasteiger partial charge in [-0.25, -0.2) is 4.79 Å². The van der Waals surface area contributed by atoms with Crippen molar-refractivity contribution >= 4 is 40.8 Å². The summed E-state index contributed by atoms with van der Waals surface area (Å²) in [5, 5.41) is 8.10. The van der Waals surface area contributed by atoms with E-state index in [0.717, 1.165) is 4.90 Å². The Labute approximate surface area is 184 Å². The van der Waals surface area contributed by atoms with E-state index >= 15 is 0 Å². The summed E-state index contributed by atoms with van der Waals surface area (Å²) in [6.07, 6.45) is 0. The summed E-state index contributed by atoms with van der Waals surface area (Å²) in [6, 6.07) is 20.6. The Morgan fingerprint density at radius 2 is 1.09 bits per heavy atom. The Morgan fingerprint density at radius 1 is 0.656 bits per heavy atom. The normalized spacial score (nSPS) is 13.3. The van der Waals surface area contributed by atoms with Gasteiger partial charge in [0.05, 0.1) is 11.1 Å². The first kappa shape index (κ1) is 20.8. The molecule has 1 aliphatic rings. The third-order valence-electron chi connectivity index (χ3n) is 5.03. The van der Waals surface area contributed by atoms with E-state index in [-0.39, 0.29) is 0 Å². The van der Waals surface area contributed by atoms with Gasteiger partial charge in [0.15, 0.2) is 0 Å². The third kappa shape index (κ3) is 4.20. The van der Waals surface area contributed by atoms with Crippen molar-refractivity contribution in [1.82, 2.24) is 4.90 Å².